The monoisotopic (exact) mass is 380 g/mol. The van der Waals surface area contributed by atoms with Crippen LogP contribution in [0.5, 0.6) is 0 Å². The number of hydrogen-bond donors (Lipinski definition) is 1. The molecule has 0 aliphatic heterocycles. The molecule has 0 unspecified atom stereocenters. The van der Waals surface area contributed by atoms with Crippen LogP contribution in [0.2, 0.25) is 5.02 Å². The molecule has 0 spiro atoms. The third kappa shape index (κ3) is 5.81. The Morgan fingerprint density at radius 1 is 1.04 bits per heavy atom. The van der Waals surface area contributed by atoms with Gasteiger partial charge in [-0.25, -0.2) is 8.78 Å². The lowest BCUT2D eigenvalue weighted by molar-refractivity contribution is -0.129. The average molecular weight is 381 g/mol. The molecule has 2 amide bonds. The standard InChI is InChI=1S/C19H19ClF2N2O2/c1-13(25)24(11-9-14-5-7-15(20)8-6-14)12-10-18(26)23-19-16(21)3-2-4-17(19)22/h2-8H,9-12H2,1H3,(H,23,26). The molecule has 0 saturated carbocycles. The average Bonchev–Trinajstić information content (AvgIpc) is 2.59. The molecule has 7 heteroatoms. The third-order valence-electron chi connectivity index (χ3n) is 3.86. The Hall–Kier alpha value is -2.47. The predicted octanol–water partition coefficient (Wildman–Crippen LogP) is 4.04. The Labute approximate surface area is 155 Å². The molecule has 0 saturated heterocycles. The van der Waals surface area contributed by atoms with Gasteiger partial charge in [0.1, 0.15) is 17.3 Å². The molecular formula is C19H19ClF2N2O2. The maximum Gasteiger partial charge on any atom is 0.226 e. The molecule has 1 N–H and O–H groups in total. The maximum atomic E-state index is 13.5. The molecule has 0 bridgehead atoms. The van der Waals surface area contributed by atoms with Crippen molar-refractivity contribution in [3.05, 3.63) is 64.7 Å². The summed E-state index contributed by atoms with van der Waals surface area (Å²) in [6.07, 6.45) is 0.550. The highest BCUT2D eigenvalue weighted by atomic mass is 35.5. The van der Waals surface area contributed by atoms with Gasteiger partial charge in [-0.15, -0.1) is 0 Å². The number of benzene rings is 2. The highest BCUT2D eigenvalue weighted by molar-refractivity contribution is 6.30. The number of halogens is 3. The minimum atomic E-state index is -0.843. The molecule has 4 nitrogen and oxygen atoms in total. The quantitative estimate of drug-likeness (QED) is 0.788. The number of rotatable bonds is 7. The van der Waals surface area contributed by atoms with Gasteiger partial charge in [-0.05, 0) is 36.2 Å². The zero-order valence-corrected chi connectivity index (χ0v) is 15.0. The molecule has 0 heterocycles. The minimum absolute atomic E-state index is 0.0615. The predicted molar refractivity (Wildman–Crippen MR) is 97.0 cm³/mol. The number of hydrogen-bond acceptors (Lipinski definition) is 2. The highest BCUT2D eigenvalue weighted by Gasteiger charge is 2.14. The second-order valence-electron chi connectivity index (χ2n) is 5.78. The second-order valence-corrected chi connectivity index (χ2v) is 6.21. The third-order valence-corrected chi connectivity index (χ3v) is 4.12. The number of nitrogens with one attached hydrogen (secondary N) is 1. The van der Waals surface area contributed by atoms with Crippen LogP contribution in [0.3, 0.4) is 0 Å². The fourth-order valence-electron chi connectivity index (χ4n) is 2.40. The summed E-state index contributed by atoms with van der Waals surface area (Å²) in [7, 11) is 0. The second kappa shape index (κ2) is 9.29. The molecule has 0 aliphatic carbocycles. The molecule has 0 atom stereocenters. The van der Waals surface area contributed by atoms with Crippen LogP contribution in [0.15, 0.2) is 42.5 Å². The summed E-state index contributed by atoms with van der Waals surface area (Å²) in [5.74, 6) is -2.43. The molecule has 26 heavy (non-hydrogen) atoms. The lowest BCUT2D eigenvalue weighted by atomic mass is 10.1. The van der Waals surface area contributed by atoms with Crippen molar-refractivity contribution in [2.24, 2.45) is 0 Å². The molecule has 2 rings (SSSR count). The summed E-state index contributed by atoms with van der Waals surface area (Å²) in [5.41, 5.74) is 0.534. The zero-order valence-electron chi connectivity index (χ0n) is 14.3. The number of amides is 2. The summed E-state index contributed by atoms with van der Waals surface area (Å²) >= 11 is 5.84. The van der Waals surface area contributed by atoms with E-state index in [1.165, 1.54) is 17.9 Å². The van der Waals surface area contributed by atoms with Crippen LogP contribution in [0, 0.1) is 11.6 Å². The Kier molecular flexibility index (Phi) is 7.09. The SMILES string of the molecule is CC(=O)N(CCC(=O)Nc1c(F)cccc1F)CCc1ccc(Cl)cc1. The molecular weight excluding hydrogens is 362 g/mol. The van der Waals surface area contributed by atoms with Crippen LogP contribution >= 0.6 is 11.6 Å². The van der Waals surface area contributed by atoms with Crippen LogP contribution in [-0.4, -0.2) is 29.8 Å². The van der Waals surface area contributed by atoms with Gasteiger partial charge in [0, 0.05) is 31.5 Å². The number of nitrogens with zero attached hydrogens (tertiary/aromatic N) is 1. The first-order valence-electron chi connectivity index (χ1n) is 8.10. The maximum absolute atomic E-state index is 13.5. The van der Waals surface area contributed by atoms with Crippen LogP contribution in [0.1, 0.15) is 18.9 Å². The number of anilines is 1. The Morgan fingerprint density at radius 2 is 1.65 bits per heavy atom. The van der Waals surface area contributed by atoms with Gasteiger partial charge in [0.2, 0.25) is 11.8 Å². The van der Waals surface area contributed by atoms with Crippen molar-refractivity contribution in [2.45, 2.75) is 19.8 Å². The highest BCUT2D eigenvalue weighted by Crippen LogP contribution is 2.18. The van der Waals surface area contributed by atoms with Gasteiger partial charge in [0.05, 0.1) is 0 Å². The van der Waals surface area contributed by atoms with E-state index in [-0.39, 0.29) is 18.9 Å². The van der Waals surface area contributed by atoms with E-state index in [9.17, 15) is 18.4 Å². The van der Waals surface area contributed by atoms with E-state index in [4.69, 9.17) is 11.6 Å². The lowest BCUT2D eigenvalue weighted by Crippen LogP contribution is -2.33. The minimum Gasteiger partial charge on any atom is -0.342 e. The van der Waals surface area contributed by atoms with E-state index in [1.807, 2.05) is 12.1 Å². The number of carbonyl (C=O) groups is 2. The van der Waals surface area contributed by atoms with E-state index in [0.717, 1.165) is 17.7 Å². The summed E-state index contributed by atoms with van der Waals surface area (Å²) in [6, 6.07) is 10.6. The molecule has 0 fully saturated rings. The number of para-hydroxylation sites is 1. The van der Waals surface area contributed by atoms with Gasteiger partial charge in [0.25, 0.3) is 0 Å². The van der Waals surface area contributed by atoms with Crippen molar-refractivity contribution < 1.29 is 18.4 Å². The van der Waals surface area contributed by atoms with Crippen molar-refractivity contribution in [2.75, 3.05) is 18.4 Å². The van der Waals surface area contributed by atoms with Gasteiger partial charge >= 0.3 is 0 Å². The molecule has 0 aromatic heterocycles. The van der Waals surface area contributed by atoms with Crippen molar-refractivity contribution in [1.82, 2.24) is 4.90 Å². The van der Waals surface area contributed by atoms with Crippen molar-refractivity contribution in [3.63, 3.8) is 0 Å². The first-order valence-corrected chi connectivity index (χ1v) is 8.48. The van der Waals surface area contributed by atoms with Crippen LogP contribution in [-0.2, 0) is 16.0 Å². The normalized spacial score (nSPS) is 10.5. The first kappa shape index (κ1) is 19.8. The van der Waals surface area contributed by atoms with E-state index >= 15 is 0 Å². The Bertz CT molecular complexity index is 761. The topological polar surface area (TPSA) is 49.4 Å². The molecule has 2 aromatic rings. The summed E-state index contributed by atoms with van der Waals surface area (Å²) in [4.78, 5) is 25.2. The Balaban J connectivity index is 1.88. The fourth-order valence-corrected chi connectivity index (χ4v) is 2.52. The summed E-state index contributed by atoms with van der Waals surface area (Å²) in [5, 5.41) is 2.84. The molecule has 0 aliphatic rings. The van der Waals surface area contributed by atoms with Crippen molar-refractivity contribution >= 4 is 29.1 Å². The van der Waals surface area contributed by atoms with Crippen LogP contribution in [0.25, 0.3) is 0 Å². The molecule has 138 valence electrons. The van der Waals surface area contributed by atoms with Gasteiger partial charge < -0.3 is 10.2 Å². The van der Waals surface area contributed by atoms with Gasteiger partial charge in [-0.2, -0.15) is 0 Å². The molecule has 2 aromatic carbocycles. The Morgan fingerprint density at radius 3 is 2.23 bits per heavy atom. The fraction of sp³-hybridized carbons (Fsp3) is 0.263. The zero-order chi connectivity index (χ0) is 19.1. The summed E-state index contributed by atoms with van der Waals surface area (Å²) in [6.45, 7) is 2.00. The summed E-state index contributed by atoms with van der Waals surface area (Å²) < 4.78 is 27.1. The van der Waals surface area contributed by atoms with Crippen LogP contribution < -0.4 is 5.32 Å². The first-order chi connectivity index (χ1) is 12.4. The van der Waals surface area contributed by atoms with Crippen LogP contribution in [0.4, 0.5) is 14.5 Å². The van der Waals surface area contributed by atoms with E-state index in [2.05, 4.69) is 5.32 Å². The van der Waals surface area contributed by atoms with E-state index < -0.39 is 23.2 Å². The largest absolute Gasteiger partial charge is 0.342 e. The smallest absolute Gasteiger partial charge is 0.226 e. The van der Waals surface area contributed by atoms with Crippen molar-refractivity contribution in [3.8, 4) is 0 Å². The molecule has 0 radical (unpaired) electrons. The van der Waals surface area contributed by atoms with E-state index in [1.54, 1.807) is 12.1 Å². The van der Waals surface area contributed by atoms with Gasteiger partial charge in [-0.1, -0.05) is 29.8 Å². The lowest BCUT2D eigenvalue weighted by Gasteiger charge is -2.21. The van der Waals surface area contributed by atoms with Gasteiger partial charge in [-0.3, -0.25) is 9.59 Å². The van der Waals surface area contributed by atoms with Gasteiger partial charge in [0.15, 0.2) is 0 Å². The van der Waals surface area contributed by atoms with Crippen molar-refractivity contribution in [1.29, 1.82) is 0 Å². The number of carbonyl (C=O) groups excluding carboxylic acids is 2. The van der Waals surface area contributed by atoms with E-state index in [0.29, 0.717) is 18.0 Å².